The van der Waals surface area contributed by atoms with Gasteiger partial charge in [-0.1, -0.05) is 12.2 Å². The second-order valence-corrected chi connectivity index (χ2v) is 10.2. The summed E-state index contributed by atoms with van der Waals surface area (Å²) in [5.74, 6) is 2.43. The highest BCUT2D eigenvalue weighted by Crippen LogP contribution is 2.45. The molecule has 0 aromatic heterocycles. The Morgan fingerprint density at radius 1 is 1.38 bits per heavy atom. The quantitative estimate of drug-likeness (QED) is 0.554. The van der Waals surface area contributed by atoms with Gasteiger partial charge in [0.15, 0.2) is 0 Å². The molecule has 0 spiro atoms. The standard InChI is InChI=1S/C13H22O2Si/c1-10(14)15-16(2,3)7-6-13-9-11-4-5-12(13)8-11/h4-5,11-13H,6-9H2,1-3H3. The SMILES string of the molecule is CC(=O)O[Si](C)(C)CCC1CC2C=CC1C2. The number of fused-ring (bicyclic) bond motifs is 2. The molecule has 2 bridgehead atoms. The van der Waals surface area contributed by atoms with Gasteiger partial charge in [0.05, 0.1) is 0 Å². The second-order valence-electron chi connectivity index (χ2n) is 5.93. The maximum atomic E-state index is 11.0. The van der Waals surface area contributed by atoms with E-state index in [0.717, 1.165) is 23.8 Å². The number of hydrogen-bond acceptors (Lipinski definition) is 2. The summed E-state index contributed by atoms with van der Waals surface area (Å²) in [5, 5.41) is 0. The molecule has 0 aliphatic heterocycles. The molecule has 3 atom stereocenters. The molecule has 0 N–H and O–H groups in total. The van der Waals surface area contributed by atoms with Gasteiger partial charge in [-0.3, -0.25) is 4.79 Å². The van der Waals surface area contributed by atoms with Gasteiger partial charge in [0.2, 0.25) is 8.32 Å². The monoisotopic (exact) mass is 238 g/mol. The number of rotatable bonds is 4. The van der Waals surface area contributed by atoms with E-state index in [1.807, 2.05) is 0 Å². The molecule has 16 heavy (non-hydrogen) atoms. The Morgan fingerprint density at radius 3 is 2.62 bits per heavy atom. The third-order valence-corrected chi connectivity index (χ3v) is 6.29. The summed E-state index contributed by atoms with van der Waals surface area (Å²) in [5.41, 5.74) is 0. The molecule has 0 aromatic rings. The van der Waals surface area contributed by atoms with E-state index < -0.39 is 8.32 Å². The van der Waals surface area contributed by atoms with E-state index in [-0.39, 0.29) is 5.97 Å². The fourth-order valence-corrected chi connectivity index (χ4v) is 5.15. The van der Waals surface area contributed by atoms with Crippen molar-refractivity contribution in [2.45, 2.75) is 45.3 Å². The molecular formula is C13H22O2Si. The first kappa shape index (κ1) is 11.9. The van der Waals surface area contributed by atoms with Crippen LogP contribution < -0.4 is 0 Å². The van der Waals surface area contributed by atoms with Crippen molar-refractivity contribution in [3.63, 3.8) is 0 Å². The third-order valence-electron chi connectivity index (χ3n) is 3.95. The Balaban J connectivity index is 1.79. The molecule has 3 heteroatoms. The highest BCUT2D eigenvalue weighted by Gasteiger charge is 2.37. The maximum absolute atomic E-state index is 11.0. The first-order valence-electron chi connectivity index (χ1n) is 6.34. The van der Waals surface area contributed by atoms with Crippen LogP contribution in [0.4, 0.5) is 0 Å². The van der Waals surface area contributed by atoms with Crippen molar-refractivity contribution in [1.29, 1.82) is 0 Å². The summed E-state index contributed by atoms with van der Waals surface area (Å²) in [6, 6.07) is 1.12. The van der Waals surface area contributed by atoms with Gasteiger partial charge in [-0.25, -0.2) is 0 Å². The van der Waals surface area contributed by atoms with Gasteiger partial charge >= 0.3 is 0 Å². The summed E-state index contributed by atoms with van der Waals surface area (Å²) in [4.78, 5) is 11.0. The Bertz CT molecular complexity index is 309. The molecule has 0 aromatic carbocycles. The molecule has 2 aliphatic carbocycles. The minimum absolute atomic E-state index is 0.107. The fraction of sp³-hybridized carbons (Fsp3) is 0.769. The molecule has 0 radical (unpaired) electrons. The van der Waals surface area contributed by atoms with E-state index in [4.69, 9.17) is 4.43 Å². The summed E-state index contributed by atoms with van der Waals surface area (Å²) in [7, 11) is -1.74. The lowest BCUT2D eigenvalue weighted by molar-refractivity contribution is -0.132. The summed E-state index contributed by atoms with van der Waals surface area (Å²) in [6.07, 6.45) is 8.78. The Morgan fingerprint density at radius 2 is 2.12 bits per heavy atom. The van der Waals surface area contributed by atoms with Crippen molar-refractivity contribution >= 4 is 14.3 Å². The zero-order valence-electron chi connectivity index (χ0n) is 10.5. The smallest absolute Gasteiger partial charge is 0.289 e. The van der Waals surface area contributed by atoms with E-state index in [2.05, 4.69) is 25.2 Å². The van der Waals surface area contributed by atoms with Gasteiger partial charge in [0, 0.05) is 6.92 Å². The number of hydrogen-bond donors (Lipinski definition) is 0. The zero-order chi connectivity index (χ0) is 11.8. The normalized spacial score (nSPS) is 32.1. The van der Waals surface area contributed by atoms with Crippen LogP contribution in [0, 0.1) is 17.8 Å². The predicted molar refractivity (Wildman–Crippen MR) is 67.5 cm³/mol. The molecular weight excluding hydrogens is 216 g/mol. The van der Waals surface area contributed by atoms with Crippen LogP contribution in [0.15, 0.2) is 12.2 Å². The molecule has 1 fully saturated rings. The van der Waals surface area contributed by atoms with Crippen molar-refractivity contribution < 1.29 is 9.22 Å². The van der Waals surface area contributed by atoms with Crippen molar-refractivity contribution in [2.24, 2.45) is 17.8 Å². The largest absolute Gasteiger partial charge is 0.520 e. The van der Waals surface area contributed by atoms with E-state index in [0.29, 0.717) is 0 Å². The van der Waals surface area contributed by atoms with Gasteiger partial charge in [0.25, 0.3) is 5.97 Å². The van der Waals surface area contributed by atoms with Crippen molar-refractivity contribution in [1.82, 2.24) is 0 Å². The van der Waals surface area contributed by atoms with E-state index in [9.17, 15) is 4.79 Å². The van der Waals surface area contributed by atoms with Crippen LogP contribution in [-0.4, -0.2) is 14.3 Å². The van der Waals surface area contributed by atoms with Gasteiger partial charge in [-0.2, -0.15) is 0 Å². The zero-order valence-corrected chi connectivity index (χ0v) is 11.5. The molecule has 90 valence electrons. The van der Waals surface area contributed by atoms with Crippen LogP contribution in [-0.2, 0) is 9.22 Å². The molecule has 1 saturated carbocycles. The number of allylic oxidation sites excluding steroid dienone is 2. The number of carbonyl (C=O) groups excluding carboxylic acids is 1. The summed E-state index contributed by atoms with van der Waals surface area (Å²) < 4.78 is 5.46. The lowest BCUT2D eigenvalue weighted by atomic mass is 9.91. The lowest BCUT2D eigenvalue weighted by Gasteiger charge is -2.25. The highest BCUT2D eigenvalue weighted by atomic mass is 28.4. The first-order chi connectivity index (χ1) is 7.46. The average molecular weight is 238 g/mol. The van der Waals surface area contributed by atoms with Gasteiger partial charge in [-0.15, -0.1) is 0 Å². The van der Waals surface area contributed by atoms with E-state index in [1.165, 1.54) is 26.2 Å². The Labute approximate surface area is 99.2 Å². The Kier molecular flexibility index (Phi) is 3.24. The van der Waals surface area contributed by atoms with Crippen molar-refractivity contribution in [3.05, 3.63) is 12.2 Å². The van der Waals surface area contributed by atoms with E-state index in [1.54, 1.807) is 0 Å². The molecule has 0 amide bonds. The minimum atomic E-state index is -1.74. The van der Waals surface area contributed by atoms with Gasteiger partial charge in [0.1, 0.15) is 0 Å². The van der Waals surface area contributed by atoms with E-state index >= 15 is 0 Å². The molecule has 0 saturated heterocycles. The van der Waals surface area contributed by atoms with Crippen LogP contribution in [0.25, 0.3) is 0 Å². The Hall–Kier alpha value is -0.573. The first-order valence-corrected chi connectivity index (χ1v) is 9.46. The third kappa shape index (κ3) is 2.76. The summed E-state index contributed by atoms with van der Waals surface area (Å²) >= 11 is 0. The fourth-order valence-electron chi connectivity index (χ4n) is 3.20. The average Bonchev–Trinajstić information content (AvgIpc) is 2.73. The highest BCUT2D eigenvalue weighted by molar-refractivity contribution is 6.72. The molecule has 2 nitrogen and oxygen atoms in total. The maximum Gasteiger partial charge on any atom is 0.289 e. The molecule has 0 heterocycles. The van der Waals surface area contributed by atoms with Crippen molar-refractivity contribution in [2.75, 3.05) is 0 Å². The van der Waals surface area contributed by atoms with Crippen molar-refractivity contribution in [3.8, 4) is 0 Å². The molecule has 2 rings (SSSR count). The topological polar surface area (TPSA) is 26.3 Å². The predicted octanol–water partition coefficient (Wildman–Crippen LogP) is 3.36. The van der Waals surface area contributed by atoms with Crippen LogP contribution in [0.1, 0.15) is 26.2 Å². The van der Waals surface area contributed by atoms with Gasteiger partial charge in [-0.05, 0) is 56.2 Å². The second kappa shape index (κ2) is 4.36. The molecule has 2 aliphatic rings. The number of carbonyl (C=O) groups is 1. The van der Waals surface area contributed by atoms with Gasteiger partial charge < -0.3 is 4.43 Å². The molecule has 3 unspecified atom stereocenters. The van der Waals surface area contributed by atoms with Crippen LogP contribution in [0.2, 0.25) is 19.1 Å². The summed E-state index contributed by atoms with van der Waals surface area (Å²) in [6.45, 7) is 5.82. The van der Waals surface area contributed by atoms with Crippen LogP contribution in [0.5, 0.6) is 0 Å². The minimum Gasteiger partial charge on any atom is -0.520 e. The van der Waals surface area contributed by atoms with Crippen LogP contribution in [0.3, 0.4) is 0 Å². The lowest BCUT2D eigenvalue weighted by Crippen LogP contribution is -2.33. The van der Waals surface area contributed by atoms with Crippen LogP contribution >= 0.6 is 0 Å².